The monoisotopic (exact) mass is 213 g/mol. The summed E-state index contributed by atoms with van der Waals surface area (Å²) in [5.41, 5.74) is 1.13. The highest BCUT2D eigenvalue weighted by Gasteiger charge is 2.04. The molecule has 1 heterocycles. The first-order valence-corrected chi connectivity index (χ1v) is 5.18. The molecule has 14 heavy (non-hydrogen) atoms. The summed E-state index contributed by atoms with van der Waals surface area (Å²) >= 11 is 5.88. The molecule has 3 nitrogen and oxygen atoms in total. The van der Waals surface area contributed by atoms with Crippen molar-refractivity contribution in [1.82, 2.24) is 10.2 Å². The summed E-state index contributed by atoms with van der Waals surface area (Å²) in [6.07, 6.45) is 2.70. The number of hydrogen-bond donors (Lipinski definition) is 0. The Labute approximate surface area is 90.1 Å². The van der Waals surface area contributed by atoms with E-state index in [1.165, 1.54) is 0 Å². The summed E-state index contributed by atoms with van der Waals surface area (Å²) in [5, 5.41) is 8.16. The standard InChI is InChI=1S/C10H16ClN3/c1-8-6-10(13-12-7-8)14(3)5-4-9(2)11/h6-7,9H,4-5H2,1-3H3. The lowest BCUT2D eigenvalue weighted by Gasteiger charge is -2.18. The number of rotatable bonds is 4. The zero-order valence-electron chi connectivity index (χ0n) is 8.87. The predicted octanol–water partition coefficient (Wildman–Crippen LogP) is 2.24. The van der Waals surface area contributed by atoms with Crippen molar-refractivity contribution >= 4 is 17.4 Å². The largest absolute Gasteiger partial charge is 0.358 e. The van der Waals surface area contributed by atoms with Crippen LogP contribution in [0.1, 0.15) is 18.9 Å². The molecule has 0 aliphatic heterocycles. The van der Waals surface area contributed by atoms with Gasteiger partial charge >= 0.3 is 0 Å². The van der Waals surface area contributed by atoms with Crippen LogP contribution in [-0.4, -0.2) is 29.2 Å². The predicted molar refractivity (Wildman–Crippen MR) is 60.0 cm³/mol. The minimum atomic E-state index is 0.204. The molecule has 0 fully saturated rings. The molecule has 1 atom stereocenters. The number of nitrogens with zero attached hydrogens (tertiary/aromatic N) is 3. The second-order valence-electron chi connectivity index (χ2n) is 3.58. The Bertz CT molecular complexity index is 288. The smallest absolute Gasteiger partial charge is 0.151 e. The summed E-state index contributed by atoms with van der Waals surface area (Å²) in [6, 6.07) is 2.02. The van der Waals surface area contributed by atoms with E-state index in [9.17, 15) is 0 Å². The first-order chi connectivity index (χ1) is 6.59. The highest BCUT2D eigenvalue weighted by molar-refractivity contribution is 6.20. The summed E-state index contributed by atoms with van der Waals surface area (Å²) in [5.74, 6) is 0.905. The van der Waals surface area contributed by atoms with Crippen molar-refractivity contribution in [3.8, 4) is 0 Å². The van der Waals surface area contributed by atoms with Crippen molar-refractivity contribution in [2.45, 2.75) is 25.6 Å². The molecule has 4 heteroatoms. The molecule has 1 aromatic heterocycles. The fourth-order valence-electron chi connectivity index (χ4n) is 1.12. The van der Waals surface area contributed by atoms with Gasteiger partial charge in [-0.05, 0) is 31.9 Å². The molecule has 0 spiro atoms. The number of aryl methyl sites for hydroxylation is 1. The quantitative estimate of drug-likeness (QED) is 0.719. The molecular weight excluding hydrogens is 198 g/mol. The van der Waals surface area contributed by atoms with Gasteiger partial charge in [-0.2, -0.15) is 5.10 Å². The lowest BCUT2D eigenvalue weighted by Crippen LogP contribution is -2.21. The van der Waals surface area contributed by atoms with Crippen molar-refractivity contribution in [1.29, 1.82) is 0 Å². The molecule has 0 N–H and O–H groups in total. The van der Waals surface area contributed by atoms with Gasteiger partial charge in [0.2, 0.25) is 0 Å². The molecular formula is C10H16ClN3. The van der Waals surface area contributed by atoms with Gasteiger partial charge in [0, 0.05) is 19.0 Å². The molecule has 0 radical (unpaired) electrons. The van der Waals surface area contributed by atoms with Crippen LogP contribution in [0, 0.1) is 6.92 Å². The minimum Gasteiger partial charge on any atom is -0.358 e. The van der Waals surface area contributed by atoms with E-state index in [2.05, 4.69) is 15.1 Å². The second kappa shape index (κ2) is 5.15. The lowest BCUT2D eigenvalue weighted by atomic mass is 10.3. The fourth-order valence-corrected chi connectivity index (χ4v) is 1.22. The zero-order chi connectivity index (χ0) is 10.6. The molecule has 0 saturated carbocycles. The van der Waals surface area contributed by atoms with Crippen molar-refractivity contribution in [2.75, 3.05) is 18.5 Å². The Kier molecular flexibility index (Phi) is 4.14. The second-order valence-corrected chi connectivity index (χ2v) is 4.33. The first-order valence-electron chi connectivity index (χ1n) is 4.74. The number of hydrogen-bond acceptors (Lipinski definition) is 3. The third kappa shape index (κ3) is 3.50. The van der Waals surface area contributed by atoms with E-state index < -0.39 is 0 Å². The van der Waals surface area contributed by atoms with E-state index in [1.807, 2.05) is 27.0 Å². The molecule has 1 unspecified atom stereocenters. The van der Waals surface area contributed by atoms with Crippen LogP contribution in [0.25, 0.3) is 0 Å². The molecule has 0 bridgehead atoms. The first kappa shape index (κ1) is 11.2. The van der Waals surface area contributed by atoms with Crippen LogP contribution in [0.4, 0.5) is 5.82 Å². The van der Waals surface area contributed by atoms with Crippen LogP contribution >= 0.6 is 11.6 Å². The van der Waals surface area contributed by atoms with Gasteiger partial charge in [0.25, 0.3) is 0 Å². The molecule has 0 saturated heterocycles. The molecule has 0 aromatic carbocycles. The molecule has 0 aliphatic carbocycles. The Balaban J connectivity index is 2.56. The van der Waals surface area contributed by atoms with Gasteiger partial charge in [-0.25, -0.2) is 0 Å². The maximum Gasteiger partial charge on any atom is 0.151 e. The summed E-state index contributed by atoms with van der Waals surface area (Å²) in [6.45, 7) is 4.91. The van der Waals surface area contributed by atoms with Gasteiger partial charge < -0.3 is 4.90 Å². The lowest BCUT2D eigenvalue weighted by molar-refractivity contribution is 0.758. The number of anilines is 1. The average Bonchev–Trinajstić information content (AvgIpc) is 2.14. The van der Waals surface area contributed by atoms with Gasteiger partial charge in [-0.1, -0.05) is 0 Å². The minimum absolute atomic E-state index is 0.204. The molecule has 78 valence electrons. The van der Waals surface area contributed by atoms with Gasteiger partial charge in [-0.3, -0.25) is 0 Å². The summed E-state index contributed by atoms with van der Waals surface area (Å²) < 4.78 is 0. The van der Waals surface area contributed by atoms with E-state index in [-0.39, 0.29) is 5.38 Å². The summed E-state index contributed by atoms with van der Waals surface area (Å²) in [4.78, 5) is 2.07. The Hall–Kier alpha value is -0.830. The van der Waals surface area contributed by atoms with Crippen LogP contribution in [0.2, 0.25) is 0 Å². The zero-order valence-corrected chi connectivity index (χ0v) is 9.62. The summed E-state index contributed by atoms with van der Waals surface area (Å²) in [7, 11) is 2.00. The van der Waals surface area contributed by atoms with E-state index in [0.29, 0.717) is 0 Å². The Morgan fingerprint density at radius 3 is 2.86 bits per heavy atom. The average molecular weight is 214 g/mol. The molecule has 1 aromatic rings. The van der Waals surface area contributed by atoms with Gasteiger partial charge in [0.1, 0.15) is 0 Å². The van der Waals surface area contributed by atoms with Crippen LogP contribution in [0.3, 0.4) is 0 Å². The van der Waals surface area contributed by atoms with E-state index in [0.717, 1.165) is 24.3 Å². The number of alkyl halides is 1. The van der Waals surface area contributed by atoms with Crippen molar-refractivity contribution < 1.29 is 0 Å². The van der Waals surface area contributed by atoms with Crippen LogP contribution in [-0.2, 0) is 0 Å². The fraction of sp³-hybridized carbons (Fsp3) is 0.600. The highest BCUT2D eigenvalue weighted by Crippen LogP contribution is 2.10. The van der Waals surface area contributed by atoms with Crippen molar-refractivity contribution in [2.24, 2.45) is 0 Å². The van der Waals surface area contributed by atoms with Gasteiger partial charge in [-0.15, -0.1) is 16.7 Å². The SMILES string of the molecule is Cc1cnnc(N(C)CCC(C)Cl)c1. The maximum absolute atomic E-state index is 5.88. The number of halogens is 1. The van der Waals surface area contributed by atoms with E-state index in [4.69, 9.17) is 11.6 Å². The van der Waals surface area contributed by atoms with E-state index in [1.54, 1.807) is 6.20 Å². The highest BCUT2D eigenvalue weighted by atomic mass is 35.5. The van der Waals surface area contributed by atoms with Gasteiger partial charge in [0.15, 0.2) is 5.82 Å². The Morgan fingerprint density at radius 2 is 2.29 bits per heavy atom. The van der Waals surface area contributed by atoms with Crippen LogP contribution < -0.4 is 4.90 Å². The maximum atomic E-state index is 5.88. The van der Waals surface area contributed by atoms with Crippen molar-refractivity contribution in [3.63, 3.8) is 0 Å². The molecule has 0 amide bonds. The molecule has 0 aliphatic rings. The third-order valence-electron chi connectivity index (χ3n) is 2.03. The van der Waals surface area contributed by atoms with Gasteiger partial charge in [0.05, 0.1) is 6.20 Å². The van der Waals surface area contributed by atoms with E-state index >= 15 is 0 Å². The topological polar surface area (TPSA) is 29.0 Å². The van der Waals surface area contributed by atoms with Crippen molar-refractivity contribution in [3.05, 3.63) is 17.8 Å². The third-order valence-corrected chi connectivity index (χ3v) is 2.25. The normalized spacial score (nSPS) is 12.6. The number of aromatic nitrogens is 2. The van der Waals surface area contributed by atoms with Crippen LogP contribution in [0.5, 0.6) is 0 Å². The molecule has 1 rings (SSSR count). The van der Waals surface area contributed by atoms with Crippen LogP contribution in [0.15, 0.2) is 12.3 Å². The Morgan fingerprint density at radius 1 is 1.57 bits per heavy atom.